The van der Waals surface area contributed by atoms with Crippen molar-refractivity contribution >= 4 is 13.5 Å². The van der Waals surface area contributed by atoms with Gasteiger partial charge in [0.05, 0.1) is 13.2 Å². The Morgan fingerprint density at radius 1 is 0.625 bits per heavy atom. The van der Waals surface area contributed by atoms with Crippen molar-refractivity contribution in [3.8, 4) is 0 Å². The highest BCUT2D eigenvalue weighted by molar-refractivity contribution is 7.59. The lowest BCUT2D eigenvalue weighted by Gasteiger charge is -2.03. The maximum absolute atomic E-state index is 5.61. The van der Waals surface area contributed by atoms with E-state index in [1.807, 2.05) is 36.4 Å². The van der Waals surface area contributed by atoms with Crippen LogP contribution in [-0.2, 0) is 18.0 Å². The molecule has 0 heterocycles. The van der Waals surface area contributed by atoms with Crippen molar-refractivity contribution in [2.24, 2.45) is 0 Å². The average Bonchev–Trinajstić information content (AvgIpc) is 2.32. The lowest BCUT2D eigenvalue weighted by molar-refractivity contribution is 0.107. The highest BCUT2D eigenvalue weighted by Gasteiger charge is 1.93. The highest BCUT2D eigenvalue weighted by atomic mass is 32.1. The molecule has 2 aromatic carbocycles. The number of hydrogen-bond donors (Lipinski definition) is 0. The summed E-state index contributed by atoms with van der Waals surface area (Å²) in [4.78, 5) is 0. The zero-order valence-electron chi connectivity index (χ0n) is 9.10. The quantitative estimate of drug-likeness (QED) is 0.783. The maximum Gasteiger partial charge on any atom is 0.0721 e. The Labute approximate surface area is 104 Å². The first kappa shape index (κ1) is 12.8. The van der Waals surface area contributed by atoms with Crippen molar-refractivity contribution in [1.82, 2.24) is 0 Å². The summed E-state index contributed by atoms with van der Waals surface area (Å²) in [6, 6.07) is 20.4. The molecule has 0 spiro atoms. The number of benzene rings is 2. The molecule has 0 saturated carbocycles. The van der Waals surface area contributed by atoms with Crippen LogP contribution in [0.3, 0.4) is 0 Å². The van der Waals surface area contributed by atoms with Crippen molar-refractivity contribution in [3.63, 3.8) is 0 Å². The van der Waals surface area contributed by atoms with Gasteiger partial charge >= 0.3 is 0 Å². The molecule has 2 aromatic rings. The first-order chi connectivity index (χ1) is 7.45. The molecule has 2 rings (SSSR count). The minimum Gasteiger partial charge on any atom is -0.372 e. The standard InChI is InChI=1S/C14H14O.H2S/c1-3-7-13(8-4-1)11-15-12-14-9-5-2-6-10-14;/h1-10H,11-12H2;1H2. The van der Waals surface area contributed by atoms with Gasteiger partial charge in [-0.25, -0.2) is 0 Å². The molecule has 16 heavy (non-hydrogen) atoms. The molecule has 0 bridgehead atoms. The molecule has 0 N–H and O–H groups in total. The van der Waals surface area contributed by atoms with Gasteiger partial charge in [0.25, 0.3) is 0 Å². The van der Waals surface area contributed by atoms with Gasteiger partial charge in [0.15, 0.2) is 0 Å². The van der Waals surface area contributed by atoms with E-state index in [2.05, 4.69) is 24.3 Å². The van der Waals surface area contributed by atoms with Gasteiger partial charge in [-0.1, -0.05) is 60.7 Å². The van der Waals surface area contributed by atoms with Gasteiger partial charge in [-0.15, -0.1) is 0 Å². The Balaban J connectivity index is 0.00000128. The van der Waals surface area contributed by atoms with Gasteiger partial charge in [0.1, 0.15) is 0 Å². The smallest absolute Gasteiger partial charge is 0.0721 e. The monoisotopic (exact) mass is 232 g/mol. The molecule has 0 atom stereocenters. The fraction of sp³-hybridized carbons (Fsp3) is 0.143. The largest absolute Gasteiger partial charge is 0.372 e. The summed E-state index contributed by atoms with van der Waals surface area (Å²) in [5, 5.41) is 0. The van der Waals surface area contributed by atoms with E-state index in [1.54, 1.807) is 0 Å². The second-order valence-corrected chi connectivity index (χ2v) is 3.46. The lowest BCUT2D eigenvalue weighted by atomic mass is 10.2. The van der Waals surface area contributed by atoms with Crippen molar-refractivity contribution in [1.29, 1.82) is 0 Å². The summed E-state index contributed by atoms with van der Waals surface area (Å²) in [5.74, 6) is 0. The molecule has 0 unspecified atom stereocenters. The SMILES string of the molecule is S.c1ccc(COCc2ccccc2)cc1. The predicted octanol–water partition coefficient (Wildman–Crippen LogP) is 3.52. The molecule has 0 aliphatic rings. The van der Waals surface area contributed by atoms with Gasteiger partial charge in [0, 0.05) is 0 Å². The Bertz CT molecular complexity index is 346. The summed E-state index contributed by atoms with van der Waals surface area (Å²) >= 11 is 0. The summed E-state index contributed by atoms with van der Waals surface area (Å²) in [5.41, 5.74) is 2.43. The van der Waals surface area contributed by atoms with Crippen molar-refractivity contribution in [2.45, 2.75) is 13.2 Å². The molecule has 84 valence electrons. The molecule has 0 saturated heterocycles. The van der Waals surface area contributed by atoms with Crippen LogP contribution in [0.15, 0.2) is 60.7 Å². The van der Waals surface area contributed by atoms with Crippen LogP contribution in [0.5, 0.6) is 0 Å². The summed E-state index contributed by atoms with van der Waals surface area (Å²) in [6.07, 6.45) is 0. The Morgan fingerprint density at radius 2 is 1.00 bits per heavy atom. The van der Waals surface area contributed by atoms with Crippen LogP contribution in [0.25, 0.3) is 0 Å². The molecule has 0 aliphatic heterocycles. The molecule has 0 amide bonds. The van der Waals surface area contributed by atoms with Gasteiger partial charge in [-0.2, -0.15) is 13.5 Å². The Hall–Kier alpha value is -1.25. The first-order valence-corrected chi connectivity index (χ1v) is 5.11. The second-order valence-electron chi connectivity index (χ2n) is 3.46. The lowest BCUT2D eigenvalue weighted by Crippen LogP contribution is -1.93. The summed E-state index contributed by atoms with van der Waals surface area (Å²) in [6.45, 7) is 1.35. The van der Waals surface area contributed by atoms with Gasteiger partial charge in [-0.05, 0) is 11.1 Å². The number of rotatable bonds is 4. The zero-order valence-corrected chi connectivity index (χ0v) is 10.1. The number of hydrogen-bond acceptors (Lipinski definition) is 1. The van der Waals surface area contributed by atoms with Crippen LogP contribution < -0.4 is 0 Å². The van der Waals surface area contributed by atoms with E-state index in [0.717, 1.165) is 0 Å². The molecule has 0 aromatic heterocycles. The van der Waals surface area contributed by atoms with Gasteiger partial charge < -0.3 is 4.74 Å². The van der Waals surface area contributed by atoms with Crippen molar-refractivity contribution < 1.29 is 4.74 Å². The molecule has 0 fully saturated rings. The molecule has 2 heteroatoms. The fourth-order valence-electron chi connectivity index (χ4n) is 1.44. The third-order valence-electron chi connectivity index (χ3n) is 2.22. The Kier molecular flexibility index (Phi) is 5.68. The highest BCUT2D eigenvalue weighted by Crippen LogP contribution is 2.05. The second kappa shape index (κ2) is 7.09. The fourth-order valence-corrected chi connectivity index (χ4v) is 1.44. The van der Waals surface area contributed by atoms with Crippen molar-refractivity contribution in [2.75, 3.05) is 0 Å². The van der Waals surface area contributed by atoms with Crippen molar-refractivity contribution in [3.05, 3.63) is 71.8 Å². The van der Waals surface area contributed by atoms with E-state index in [-0.39, 0.29) is 13.5 Å². The van der Waals surface area contributed by atoms with Crippen LogP contribution in [0.4, 0.5) is 0 Å². The first-order valence-electron chi connectivity index (χ1n) is 5.11. The predicted molar refractivity (Wildman–Crippen MR) is 71.8 cm³/mol. The van der Waals surface area contributed by atoms with E-state index in [0.29, 0.717) is 13.2 Å². The Morgan fingerprint density at radius 3 is 1.38 bits per heavy atom. The van der Waals surface area contributed by atoms with E-state index in [1.165, 1.54) is 11.1 Å². The third-order valence-corrected chi connectivity index (χ3v) is 2.22. The average molecular weight is 232 g/mol. The minimum atomic E-state index is 0. The van der Waals surface area contributed by atoms with Crippen LogP contribution >= 0.6 is 13.5 Å². The van der Waals surface area contributed by atoms with E-state index < -0.39 is 0 Å². The van der Waals surface area contributed by atoms with E-state index in [9.17, 15) is 0 Å². The normalized spacial score (nSPS) is 9.50. The topological polar surface area (TPSA) is 9.23 Å². The summed E-state index contributed by atoms with van der Waals surface area (Å²) in [7, 11) is 0. The van der Waals surface area contributed by atoms with E-state index in [4.69, 9.17) is 4.74 Å². The molecule has 1 nitrogen and oxygen atoms in total. The van der Waals surface area contributed by atoms with Crippen LogP contribution in [0.2, 0.25) is 0 Å². The van der Waals surface area contributed by atoms with Gasteiger partial charge in [-0.3, -0.25) is 0 Å². The van der Waals surface area contributed by atoms with Crippen LogP contribution in [0, 0.1) is 0 Å². The van der Waals surface area contributed by atoms with Crippen LogP contribution in [0.1, 0.15) is 11.1 Å². The molecular formula is C14H16OS. The summed E-state index contributed by atoms with van der Waals surface area (Å²) < 4.78 is 5.61. The molecular weight excluding hydrogens is 216 g/mol. The zero-order chi connectivity index (χ0) is 10.3. The van der Waals surface area contributed by atoms with Gasteiger partial charge in [0.2, 0.25) is 0 Å². The number of ether oxygens (including phenoxy) is 1. The maximum atomic E-state index is 5.61. The molecule has 0 radical (unpaired) electrons. The van der Waals surface area contributed by atoms with E-state index >= 15 is 0 Å². The van der Waals surface area contributed by atoms with Crippen LogP contribution in [-0.4, -0.2) is 0 Å². The molecule has 0 aliphatic carbocycles. The minimum absolute atomic E-state index is 0. The third kappa shape index (κ3) is 4.09.